The fourth-order valence-corrected chi connectivity index (χ4v) is 2.60. The number of aromatic nitrogens is 4. The molecule has 13 heteroatoms. The van der Waals surface area contributed by atoms with E-state index in [9.17, 15) is 28.2 Å². The maximum Gasteiger partial charge on any atom is 0.471 e. The van der Waals surface area contributed by atoms with Gasteiger partial charge in [-0.1, -0.05) is 0 Å². The fraction of sp³-hybridized carbons (Fsp3) is 0.500. The first-order valence-electron chi connectivity index (χ1n) is 6.99. The number of nitrogens with one attached hydrogen (secondary N) is 1. The van der Waals surface area contributed by atoms with Crippen molar-refractivity contribution >= 4 is 22.9 Å². The van der Waals surface area contributed by atoms with Crippen LogP contribution in [0.5, 0.6) is 0 Å². The van der Waals surface area contributed by atoms with Crippen LogP contribution >= 0.6 is 0 Å². The van der Waals surface area contributed by atoms with Gasteiger partial charge in [0.25, 0.3) is 0 Å². The predicted molar refractivity (Wildman–Crippen MR) is 74.7 cm³/mol. The summed E-state index contributed by atoms with van der Waals surface area (Å²) in [4.78, 5) is 22.8. The average Bonchev–Trinajstić information content (AvgIpc) is 3.09. The first kappa shape index (κ1) is 17.3. The standard InChI is InChI=1S/C12H13F3N6O4/c13-12(14,15)11(24)20-5-4(1-22)25-10(7(5)23)21-3-19-6-8(16)17-2-18-9(6)21/h2-5,7,10,22-23H,1H2,(H,20,24)(H2,16,17,18)/t4-,5-,7-,10-/m1/s1. The molecule has 0 unspecified atom stereocenters. The summed E-state index contributed by atoms with van der Waals surface area (Å²) in [5.41, 5.74) is 6.03. The molecule has 0 bridgehead atoms. The lowest BCUT2D eigenvalue weighted by molar-refractivity contribution is -0.175. The lowest BCUT2D eigenvalue weighted by Gasteiger charge is -2.21. The summed E-state index contributed by atoms with van der Waals surface area (Å²) in [5.74, 6) is -2.18. The highest BCUT2D eigenvalue weighted by Gasteiger charge is 2.49. The zero-order valence-corrected chi connectivity index (χ0v) is 12.4. The van der Waals surface area contributed by atoms with E-state index < -0.39 is 43.2 Å². The van der Waals surface area contributed by atoms with Crippen LogP contribution in [0.25, 0.3) is 11.2 Å². The number of halogens is 3. The van der Waals surface area contributed by atoms with Crippen LogP contribution in [-0.4, -0.2) is 66.7 Å². The van der Waals surface area contributed by atoms with E-state index in [0.717, 1.165) is 6.33 Å². The fourth-order valence-electron chi connectivity index (χ4n) is 2.60. The second-order valence-electron chi connectivity index (χ2n) is 5.32. The van der Waals surface area contributed by atoms with Gasteiger partial charge >= 0.3 is 12.1 Å². The molecule has 1 amide bonds. The molecule has 0 radical (unpaired) electrons. The number of imidazole rings is 1. The molecule has 2 aromatic rings. The van der Waals surface area contributed by atoms with Gasteiger partial charge < -0.3 is 26.0 Å². The molecule has 5 N–H and O–H groups in total. The van der Waals surface area contributed by atoms with Gasteiger partial charge in [-0.15, -0.1) is 0 Å². The molecule has 0 spiro atoms. The van der Waals surface area contributed by atoms with Crippen molar-refractivity contribution in [1.29, 1.82) is 0 Å². The molecule has 136 valence electrons. The molecule has 3 rings (SSSR count). The van der Waals surface area contributed by atoms with Gasteiger partial charge in [0, 0.05) is 0 Å². The van der Waals surface area contributed by atoms with Crippen LogP contribution in [0.1, 0.15) is 6.23 Å². The van der Waals surface area contributed by atoms with E-state index in [1.807, 2.05) is 0 Å². The number of nitrogens with two attached hydrogens (primary N) is 1. The van der Waals surface area contributed by atoms with Crippen LogP contribution in [0.15, 0.2) is 12.7 Å². The molecular weight excluding hydrogens is 349 g/mol. The molecule has 25 heavy (non-hydrogen) atoms. The minimum Gasteiger partial charge on any atom is -0.394 e. The summed E-state index contributed by atoms with van der Waals surface area (Å²) in [6.45, 7) is -0.722. The van der Waals surface area contributed by atoms with E-state index in [2.05, 4.69) is 15.0 Å². The average molecular weight is 362 g/mol. The van der Waals surface area contributed by atoms with Crippen molar-refractivity contribution in [2.75, 3.05) is 12.3 Å². The number of aliphatic hydroxyl groups is 2. The minimum absolute atomic E-state index is 0.0665. The smallest absolute Gasteiger partial charge is 0.394 e. The van der Waals surface area contributed by atoms with Gasteiger partial charge in [0.1, 0.15) is 24.1 Å². The normalized spacial score (nSPS) is 26.9. The molecule has 1 aliphatic heterocycles. The summed E-state index contributed by atoms with van der Waals surface area (Å²) >= 11 is 0. The largest absolute Gasteiger partial charge is 0.471 e. The van der Waals surface area contributed by atoms with Crippen molar-refractivity contribution in [1.82, 2.24) is 24.8 Å². The molecule has 3 heterocycles. The Morgan fingerprint density at radius 2 is 2.12 bits per heavy atom. The maximum atomic E-state index is 12.4. The number of fused-ring (bicyclic) bond motifs is 1. The van der Waals surface area contributed by atoms with Crippen molar-refractivity contribution in [3.05, 3.63) is 12.7 Å². The number of rotatable bonds is 3. The van der Waals surface area contributed by atoms with Gasteiger partial charge in [-0.05, 0) is 0 Å². The molecule has 1 aliphatic rings. The highest BCUT2D eigenvalue weighted by Crippen LogP contribution is 2.32. The van der Waals surface area contributed by atoms with Gasteiger partial charge in [-0.3, -0.25) is 9.36 Å². The van der Waals surface area contributed by atoms with Crippen LogP contribution in [0.3, 0.4) is 0 Å². The number of hydrogen-bond donors (Lipinski definition) is 4. The van der Waals surface area contributed by atoms with Crippen molar-refractivity contribution < 1.29 is 32.9 Å². The predicted octanol–water partition coefficient (Wildman–Crippen LogP) is -1.29. The van der Waals surface area contributed by atoms with Gasteiger partial charge in [-0.2, -0.15) is 13.2 Å². The number of nitrogens with zero attached hydrogens (tertiary/aromatic N) is 4. The molecule has 0 saturated carbocycles. The van der Waals surface area contributed by atoms with Gasteiger partial charge in [0.2, 0.25) is 0 Å². The summed E-state index contributed by atoms with van der Waals surface area (Å²) in [5, 5.41) is 21.3. The molecule has 1 saturated heterocycles. The number of carbonyl (C=O) groups is 1. The molecular formula is C12H13F3N6O4. The number of ether oxygens (including phenoxy) is 1. The van der Waals surface area contributed by atoms with Crippen LogP contribution in [-0.2, 0) is 9.53 Å². The molecule has 10 nitrogen and oxygen atoms in total. The maximum absolute atomic E-state index is 12.4. The quantitative estimate of drug-likeness (QED) is 0.527. The molecule has 1 fully saturated rings. The summed E-state index contributed by atoms with van der Waals surface area (Å²) < 4.78 is 43.9. The third-order valence-electron chi connectivity index (χ3n) is 3.77. The van der Waals surface area contributed by atoms with Crippen LogP contribution < -0.4 is 11.1 Å². The Morgan fingerprint density at radius 1 is 1.40 bits per heavy atom. The highest BCUT2D eigenvalue weighted by atomic mass is 19.4. The Balaban J connectivity index is 1.91. The molecule has 4 atom stereocenters. The second kappa shape index (κ2) is 6.09. The second-order valence-corrected chi connectivity index (χ2v) is 5.32. The Morgan fingerprint density at radius 3 is 2.76 bits per heavy atom. The van der Waals surface area contributed by atoms with Crippen LogP contribution in [0.2, 0.25) is 0 Å². The molecule has 2 aromatic heterocycles. The summed E-state index contributed by atoms with van der Waals surface area (Å²) in [7, 11) is 0. The third kappa shape index (κ3) is 2.96. The Hall–Kier alpha value is -2.51. The first-order valence-corrected chi connectivity index (χ1v) is 6.99. The molecule has 0 aromatic carbocycles. The highest BCUT2D eigenvalue weighted by molar-refractivity contribution is 5.82. The van der Waals surface area contributed by atoms with E-state index in [1.54, 1.807) is 5.32 Å². The zero-order chi connectivity index (χ0) is 18.4. The van der Waals surface area contributed by atoms with Crippen molar-refractivity contribution in [2.45, 2.75) is 30.7 Å². The lowest BCUT2D eigenvalue weighted by atomic mass is 10.1. The minimum atomic E-state index is -5.14. The van der Waals surface area contributed by atoms with E-state index in [-0.39, 0.29) is 17.0 Å². The first-order chi connectivity index (χ1) is 11.7. The Labute approximate surface area is 137 Å². The Kier molecular flexibility index (Phi) is 4.22. The topological polar surface area (TPSA) is 148 Å². The summed E-state index contributed by atoms with van der Waals surface area (Å²) in [6.07, 6.45) is -6.88. The monoisotopic (exact) mass is 362 g/mol. The van der Waals surface area contributed by atoms with E-state index in [0.29, 0.717) is 0 Å². The molecule has 0 aliphatic carbocycles. The van der Waals surface area contributed by atoms with Gasteiger partial charge in [0.05, 0.1) is 19.0 Å². The van der Waals surface area contributed by atoms with E-state index in [1.165, 1.54) is 10.9 Å². The number of nitrogen functional groups attached to an aromatic ring is 1. The van der Waals surface area contributed by atoms with Crippen LogP contribution in [0.4, 0.5) is 19.0 Å². The number of alkyl halides is 3. The van der Waals surface area contributed by atoms with Crippen LogP contribution in [0, 0.1) is 0 Å². The third-order valence-corrected chi connectivity index (χ3v) is 3.77. The number of carbonyl (C=O) groups excluding carboxylic acids is 1. The zero-order valence-electron chi connectivity index (χ0n) is 12.4. The van der Waals surface area contributed by atoms with E-state index in [4.69, 9.17) is 10.5 Å². The SMILES string of the molecule is Nc1ncnc2c1ncn2[C@@H]1O[C@H](CO)[C@@H](NC(=O)C(F)(F)F)[C@H]1O. The van der Waals surface area contributed by atoms with Crippen molar-refractivity contribution in [2.24, 2.45) is 0 Å². The lowest BCUT2D eigenvalue weighted by Crippen LogP contribution is -2.52. The number of aliphatic hydroxyl groups excluding tert-OH is 2. The van der Waals surface area contributed by atoms with E-state index >= 15 is 0 Å². The van der Waals surface area contributed by atoms with Gasteiger partial charge in [0.15, 0.2) is 17.7 Å². The Bertz CT molecular complexity index is 797. The van der Waals surface area contributed by atoms with Crippen molar-refractivity contribution in [3.63, 3.8) is 0 Å². The number of anilines is 1. The van der Waals surface area contributed by atoms with Crippen molar-refractivity contribution in [3.8, 4) is 0 Å². The number of amides is 1. The van der Waals surface area contributed by atoms with Gasteiger partial charge in [-0.25, -0.2) is 15.0 Å². The summed E-state index contributed by atoms with van der Waals surface area (Å²) in [6, 6.07) is -1.49. The number of hydrogen-bond acceptors (Lipinski definition) is 8.